The number of piperidine rings is 1. The molecule has 18 heavy (non-hydrogen) atoms. The number of hydrogen-bond donors (Lipinski definition) is 1. The lowest BCUT2D eigenvalue weighted by atomic mass is 9.91. The van der Waals surface area contributed by atoms with Crippen LogP contribution in [0.15, 0.2) is 0 Å². The van der Waals surface area contributed by atoms with Crippen molar-refractivity contribution in [1.82, 2.24) is 9.80 Å². The molecule has 2 aliphatic rings. The molecule has 2 rings (SSSR count). The van der Waals surface area contributed by atoms with Crippen molar-refractivity contribution in [3.8, 4) is 0 Å². The first-order chi connectivity index (χ1) is 8.63. The van der Waals surface area contributed by atoms with E-state index in [0.29, 0.717) is 31.8 Å². The minimum Gasteiger partial charge on any atom is -0.395 e. The molecule has 2 amide bonds. The van der Waals surface area contributed by atoms with Gasteiger partial charge >= 0.3 is 0 Å². The monoisotopic (exact) mass is 254 g/mol. The zero-order valence-corrected chi connectivity index (χ0v) is 11.0. The lowest BCUT2D eigenvalue weighted by molar-refractivity contribution is -0.138. The Bertz CT molecular complexity index is 316. The lowest BCUT2D eigenvalue weighted by Gasteiger charge is -2.39. The second-order valence-electron chi connectivity index (χ2n) is 5.34. The van der Waals surface area contributed by atoms with Crippen molar-refractivity contribution in [2.24, 2.45) is 5.92 Å². The van der Waals surface area contributed by atoms with Crippen LogP contribution in [0.4, 0.5) is 0 Å². The largest absolute Gasteiger partial charge is 0.395 e. The molecule has 0 bridgehead atoms. The number of imide groups is 1. The summed E-state index contributed by atoms with van der Waals surface area (Å²) in [4.78, 5) is 26.6. The summed E-state index contributed by atoms with van der Waals surface area (Å²) in [7, 11) is 0. The summed E-state index contributed by atoms with van der Waals surface area (Å²) in [5, 5.41) is 9.44. The maximum atomic E-state index is 11.5. The maximum absolute atomic E-state index is 11.5. The molecular formula is C13H22N2O3. The van der Waals surface area contributed by atoms with Crippen molar-refractivity contribution < 1.29 is 14.7 Å². The molecule has 0 aromatic carbocycles. The first kappa shape index (κ1) is 13.5. The summed E-state index contributed by atoms with van der Waals surface area (Å²) in [5.41, 5.74) is 0. The van der Waals surface area contributed by atoms with Crippen LogP contribution in [0.1, 0.15) is 32.6 Å². The van der Waals surface area contributed by atoms with Gasteiger partial charge in [-0.1, -0.05) is 6.92 Å². The second-order valence-corrected chi connectivity index (χ2v) is 5.34. The van der Waals surface area contributed by atoms with Crippen molar-refractivity contribution in [3.05, 3.63) is 0 Å². The predicted molar refractivity (Wildman–Crippen MR) is 66.8 cm³/mol. The van der Waals surface area contributed by atoms with Gasteiger partial charge in [-0.2, -0.15) is 0 Å². The minimum atomic E-state index is -0.0504. The van der Waals surface area contributed by atoms with Crippen molar-refractivity contribution in [2.45, 2.75) is 38.6 Å². The van der Waals surface area contributed by atoms with Crippen LogP contribution in [0, 0.1) is 5.92 Å². The number of hydrogen-bond acceptors (Lipinski definition) is 4. The van der Waals surface area contributed by atoms with Gasteiger partial charge in [0.2, 0.25) is 11.8 Å². The van der Waals surface area contributed by atoms with Crippen LogP contribution < -0.4 is 0 Å². The van der Waals surface area contributed by atoms with Crippen LogP contribution in [0.2, 0.25) is 0 Å². The Morgan fingerprint density at radius 2 is 1.89 bits per heavy atom. The Morgan fingerprint density at radius 3 is 2.50 bits per heavy atom. The van der Waals surface area contributed by atoms with E-state index in [1.54, 1.807) is 0 Å². The Labute approximate surface area is 108 Å². The second kappa shape index (κ2) is 5.80. The molecule has 0 saturated carbocycles. The van der Waals surface area contributed by atoms with E-state index < -0.39 is 0 Å². The quantitative estimate of drug-likeness (QED) is 0.730. The summed E-state index contributed by atoms with van der Waals surface area (Å²) in [6.45, 7) is 4.42. The highest BCUT2D eigenvalue weighted by atomic mass is 16.3. The van der Waals surface area contributed by atoms with Crippen LogP contribution >= 0.6 is 0 Å². The molecule has 0 aromatic heterocycles. The number of rotatable bonds is 4. The number of carbonyl (C=O) groups is 2. The third-order valence-corrected chi connectivity index (χ3v) is 4.18. The summed E-state index contributed by atoms with van der Waals surface area (Å²) in [5.74, 6) is 0.380. The molecule has 0 radical (unpaired) electrons. The van der Waals surface area contributed by atoms with E-state index in [1.807, 2.05) is 0 Å². The van der Waals surface area contributed by atoms with Crippen LogP contribution in [-0.4, -0.2) is 59.0 Å². The molecule has 0 spiro atoms. The van der Waals surface area contributed by atoms with E-state index in [4.69, 9.17) is 0 Å². The van der Waals surface area contributed by atoms with Gasteiger partial charge in [0.15, 0.2) is 0 Å². The summed E-state index contributed by atoms with van der Waals surface area (Å²) >= 11 is 0. The van der Waals surface area contributed by atoms with Gasteiger partial charge in [0, 0.05) is 32.0 Å². The fourth-order valence-corrected chi connectivity index (χ4v) is 3.01. The highest BCUT2D eigenvalue weighted by molar-refractivity contribution is 6.01. The number of aliphatic hydroxyl groups is 1. The molecule has 102 valence electrons. The third-order valence-electron chi connectivity index (χ3n) is 4.18. The zero-order chi connectivity index (χ0) is 13.1. The molecule has 2 heterocycles. The van der Waals surface area contributed by atoms with Crippen molar-refractivity contribution in [1.29, 1.82) is 0 Å². The van der Waals surface area contributed by atoms with Gasteiger partial charge in [0.1, 0.15) is 0 Å². The first-order valence-electron chi connectivity index (χ1n) is 6.81. The van der Waals surface area contributed by atoms with E-state index in [1.165, 1.54) is 4.90 Å². The Morgan fingerprint density at radius 1 is 1.22 bits per heavy atom. The highest BCUT2D eigenvalue weighted by Crippen LogP contribution is 2.23. The minimum absolute atomic E-state index is 0.0504. The van der Waals surface area contributed by atoms with Gasteiger partial charge in [-0.05, 0) is 25.3 Å². The molecule has 0 aromatic rings. The third kappa shape index (κ3) is 2.72. The van der Waals surface area contributed by atoms with Gasteiger partial charge in [0.05, 0.1) is 6.61 Å². The Kier molecular flexibility index (Phi) is 4.35. The molecule has 2 aliphatic heterocycles. The topological polar surface area (TPSA) is 60.9 Å². The molecule has 2 unspecified atom stereocenters. The van der Waals surface area contributed by atoms with Gasteiger partial charge < -0.3 is 5.11 Å². The summed E-state index contributed by atoms with van der Waals surface area (Å²) in [6.07, 6.45) is 2.99. The van der Waals surface area contributed by atoms with Gasteiger partial charge in [-0.15, -0.1) is 0 Å². The molecule has 2 saturated heterocycles. The molecular weight excluding hydrogens is 232 g/mol. The van der Waals surface area contributed by atoms with Crippen LogP contribution in [-0.2, 0) is 9.59 Å². The number of amides is 2. The molecule has 5 heteroatoms. The van der Waals surface area contributed by atoms with Crippen LogP contribution in [0.5, 0.6) is 0 Å². The van der Waals surface area contributed by atoms with Crippen molar-refractivity contribution in [2.75, 3.05) is 26.2 Å². The predicted octanol–water partition coefficient (Wildman–Crippen LogP) is 0.228. The average Bonchev–Trinajstić information content (AvgIpc) is 2.67. The fraction of sp³-hybridized carbons (Fsp3) is 0.846. The standard InChI is InChI=1S/C13H22N2O3/c1-10-3-2-6-14(11(10)9-16)7-8-15-12(17)4-5-13(15)18/h10-11,16H,2-9H2,1H3. The van der Waals surface area contributed by atoms with Gasteiger partial charge in [-0.25, -0.2) is 0 Å². The Balaban J connectivity index is 1.88. The zero-order valence-electron chi connectivity index (χ0n) is 11.0. The maximum Gasteiger partial charge on any atom is 0.229 e. The van der Waals surface area contributed by atoms with Crippen LogP contribution in [0.3, 0.4) is 0 Å². The fourth-order valence-electron chi connectivity index (χ4n) is 3.01. The number of carbonyl (C=O) groups excluding carboxylic acids is 2. The molecule has 0 aliphatic carbocycles. The number of nitrogens with zero attached hydrogens (tertiary/aromatic N) is 2. The normalized spacial score (nSPS) is 30.2. The van der Waals surface area contributed by atoms with Crippen molar-refractivity contribution in [3.63, 3.8) is 0 Å². The number of likely N-dealkylation sites (tertiary alicyclic amines) is 2. The lowest BCUT2D eigenvalue weighted by Crippen LogP contribution is -2.49. The van der Waals surface area contributed by atoms with Gasteiger partial charge in [-0.3, -0.25) is 19.4 Å². The first-order valence-corrected chi connectivity index (χ1v) is 6.81. The molecule has 2 fully saturated rings. The summed E-state index contributed by atoms with van der Waals surface area (Å²) in [6, 6.07) is 0.173. The number of aliphatic hydroxyl groups excluding tert-OH is 1. The molecule has 1 N–H and O–H groups in total. The van der Waals surface area contributed by atoms with E-state index >= 15 is 0 Å². The smallest absolute Gasteiger partial charge is 0.229 e. The van der Waals surface area contributed by atoms with E-state index in [2.05, 4.69) is 11.8 Å². The molecule has 5 nitrogen and oxygen atoms in total. The van der Waals surface area contributed by atoms with Crippen molar-refractivity contribution >= 4 is 11.8 Å². The molecule has 2 atom stereocenters. The Hall–Kier alpha value is -0.940. The summed E-state index contributed by atoms with van der Waals surface area (Å²) < 4.78 is 0. The highest BCUT2D eigenvalue weighted by Gasteiger charge is 2.31. The SMILES string of the molecule is CC1CCCN(CCN2C(=O)CCC2=O)C1CO. The van der Waals surface area contributed by atoms with Crippen LogP contribution in [0.25, 0.3) is 0 Å². The van der Waals surface area contributed by atoms with E-state index in [0.717, 1.165) is 19.4 Å². The van der Waals surface area contributed by atoms with Gasteiger partial charge in [0.25, 0.3) is 0 Å². The van der Waals surface area contributed by atoms with E-state index in [9.17, 15) is 14.7 Å². The van der Waals surface area contributed by atoms with E-state index in [-0.39, 0.29) is 24.5 Å². The average molecular weight is 254 g/mol.